The minimum atomic E-state index is -0.368. The van der Waals surface area contributed by atoms with E-state index in [0.717, 1.165) is 5.56 Å². The van der Waals surface area contributed by atoms with Crippen molar-refractivity contribution in [3.8, 4) is 0 Å². The highest BCUT2D eigenvalue weighted by atomic mass is 19.1. The number of nitrogens with one attached hydrogen (secondary N) is 1. The minimum absolute atomic E-state index is 0.116. The minimum Gasteiger partial charge on any atom is -0.347 e. The predicted octanol–water partition coefficient (Wildman–Crippen LogP) is 2.17. The van der Waals surface area contributed by atoms with Crippen molar-refractivity contribution < 1.29 is 9.18 Å². The van der Waals surface area contributed by atoms with Gasteiger partial charge in [0.15, 0.2) is 0 Å². The van der Waals surface area contributed by atoms with Crippen LogP contribution in [0.3, 0.4) is 0 Å². The van der Waals surface area contributed by atoms with Gasteiger partial charge in [0.1, 0.15) is 11.5 Å². The second-order valence-electron chi connectivity index (χ2n) is 6.11. The maximum atomic E-state index is 13.9. The molecule has 2 aromatic rings. The van der Waals surface area contributed by atoms with Gasteiger partial charge >= 0.3 is 0 Å². The molecule has 5 nitrogen and oxygen atoms in total. The smallest absolute Gasteiger partial charge is 0.269 e. The van der Waals surface area contributed by atoms with Gasteiger partial charge < -0.3 is 11.1 Å². The van der Waals surface area contributed by atoms with E-state index in [1.165, 1.54) is 6.07 Å². The third-order valence-corrected chi connectivity index (χ3v) is 3.30. The summed E-state index contributed by atoms with van der Waals surface area (Å²) < 4.78 is 15.5. The Kier molecular flexibility index (Phi) is 4.61. The van der Waals surface area contributed by atoms with Gasteiger partial charge in [0.2, 0.25) is 0 Å². The second-order valence-corrected chi connectivity index (χ2v) is 6.11. The number of nitrogens with two attached hydrogens (primary N) is 1. The number of carbonyl (C=O) groups excluding carboxylic acids is 1. The summed E-state index contributed by atoms with van der Waals surface area (Å²) in [6, 6.07) is 6.43. The second kappa shape index (κ2) is 6.27. The van der Waals surface area contributed by atoms with E-state index in [9.17, 15) is 9.18 Å². The van der Waals surface area contributed by atoms with E-state index in [1.807, 2.05) is 20.8 Å². The first-order valence-electron chi connectivity index (χ1n) is 7.13. The molecule has 0 unspecified atom stereocenters. The number of hydrogen-bond donors (Lipinski definition) is 2. The summed E-state index contributed by atoms with van der Waals surface area (Å²) in [5.41, 5.74) is 6.76. The van der Waals surface area contributed by atoms with Crippen LogP contribution in [0, 0.1) is 5.82 Å². The van der Waals surface area contributed by atoms with Crippen LogP contribution in [0.25, 0.3) is 0 Å². The van der Waals surface area contributed by atoms with Gasteiger partial charge in [-0.1, -0.05) is 12.1 Å². The molecule has 118 valence electrons. The molecular weight excluding hydrogens is 283 g/mol. The summed E-state index contributed by atoms with van der Waals surface area (Å²) in [5.74, 6) is -0.651. The van der Waals surface area contributed by atoms with Crippen LogP contribution in [0.4, 0.5) is 4.39 Å². The molecule has 0 atom stereocenters. The number of hydrogen-bond acceptors (Lipinski definition) is 3. The molecule has 1 aromatic heterocycles. The quantitative estimate of drug-likeness (QED) is 0.909. The fourth-order valence-corrected chi connectivity index (χ4v) is 2.14. The fourth-order valence-electron chi connectivity index (χ4n) is 2.14. The predicted molar refractivity (Wildman–Crippen MR) is 82.7 cm³/mol. The zero-order chi connectivity index (χ0) is 16.3. The summed E-state index contributed by atoms with van der Waals surface area (Å²) >= 11 is 0. The Morgan fingerprint density at radius 2 is 2.09 bits per heavy atom. The van der Waals surface area contributed by atoms with Gasteiger partial charge in [0.05, 0.1) is 5.54 Å². The zero-order valence-corrected chi connectivity index (χ0v) is 13.1. The lowest BCUT2D eigenvalue weighted by atomic mass is 10.1. The molecule has 0 spiro atoms. The van der Waals surface area contributed by atoms with Gasteiger partial charge in [-0.3, -0.25) is 9.48 Å². The standard InChI is InChI=1S/C16H21FN4O/c1-16(2,3)21-14(6-7-20-21)15(22)19-10-12-5-4-11(9-18)8-13(12)17/h4-8H,9-10,18H2,1-3H3,(H,19,22). The molecule has 0 radical (unpaired) electrons. The number of nitrogens with zero attached hydrogens (tertiary/aromatic N) is 2. The van der Waals surface area contributed by atoms with Gasteiger partial charge in [0, 0.05) is 24.8 Å². The molecule has 1 aromatic carbocycles. The van der Waals surface area contributed by atoms with Gasteiger partial charge in [-0.05, 0) is 38.5 Å². The van der Waals surface area contributed by atoms with Crippen molar-refractivity contribution in [1.82, 2.24) is 15.1 Å². The van der Waals surface area contributed by atoms with Crippen molar-refractivity contribution >= 4 is 5.91 Å². The average molecular weight is 304 g/mol. The highest BCUT2D eigenvalue weighted by molar-refractivity contribution is 5.92. The highest BCUT2D eigenvalue weighted by Crippen LogP contribution is 2.16. The number of halogens is 1. The Labute approximate surface area is 129 Å². The first-order valence-corrected chi connectivity index (χ1v) is 7.13. The number of aromatic nitrogens is 2. The van der Waals surface area contributed by atoms with Crippen LogP contribution in [0.2, 0.25) is 0 Å². The van der Waals surface area contributed by atoms with Crippen molar-refractivity contribution in [2.45, 2.75) is 39.4 Å². The topological polar surface area (TPSA) is 72.9 Å². The largest absolute Gasteiger partial charge is 0.347 e. The van der Waals surface area contributed by atoms with E-state index in [0.29, 0.717) is 11.3 Å². The Morgan fingerprint density at radius 3 is 2.68 bits per heavy atom. The first-order chi connectivity index (χ1) is 10.3. The molecule has 0 aliphatic heterocycles. The van der Waals surface area contributed by atoms with Crippen LogP contribution in [-0.4, -0.2) is 15.7 Å². The molecule has 0 bridgehead atoms. The Morgan fingerprint density at radius 1 is 1.36 bits per heavy atom. The number of carbonyl (C=O) groups is 1. The SMILES string of the molecule is CC(C)(C)n1nccc1C(=O)NCc1ccc(CN)cc1F. The molecule has 0 aliphatic rings. The summed E-state index contributed by atoms with van der Waals surface area (Å²) in [7, 11) is 0. The van der Waals surface area contributed by atoms with Crippen LogP contribution in [-0.2, 0) is 18.6 Å². The lowest BCUT2D eigenvalue weighted by Crippen LogP contribution is -2.32. The van der Waals surface area contributed by atoms with Crippen molar-refractivity contribution in [1.29, 1.82) is 0 Å². The zero-order valence-electron chi connectivity index (χ0n) is 13.1. The molecule has 22 heavy (non-hydrogen) atoms. The maximum Gasteiger partial charge on any atom is 0.269 e. The van der Waals surface area contributed by atoms with E-state index in [-0.39, 0.29) is 30.4 Å². The molecule has 3 N–H and O–H groups in total. The Bertz CT molecular complexity index is 673. The summed E-state index contributed by atoms with van der Waals surface area (Å²) in [5, 5.41) is 6.89. The van der Waals surface area contributed by atoms with Crippen molar-refractivity contribution in [2.75, 3.05) is 0 Å². The average Bonchev–Trinajstić information content (AvgIpc) is 2.95. The van der Waals surface area contributed by atoms with E-state index >= 15 is 0 Å². The lowest BCUT2D eigenvalue weighted by Gasteiger charge is -2.22. The number of benzene rings is 1. The van der Waals surface area contributed by atoms with Gasteiger partial charge in [0.25, 0.3) is 5.91 Å². The molecular formula is C16H21FN4O. The third kappa shape index (κ3) is 3.51. The van der Waals surface area contributed by atoms with E-state index < -0.39 is 0 Å². The number of amides is 1. The highest BCUT2D eigenvalue weighted by Gasteiger charge is 2.21. The van der Waals surface area contributed by atoms with Crippen LogP contribution in [0.5, 0.6) is 0 Å². The first kappa shape index (κ1) is 16.2. The van der Waals surface area contributed by atoms with Gasteiger partial charge in [-0.25, -0.2) is 4.39 Å². The third-order valence-electron chi connectivity index (χ3n) is 3.30. The number of rotatable bonds is 4. The van der Waals surface area contributed by atoms with Gasteiger partial charge in [-0.15, -0.1) is 0 Å². The van der Waals surface area contributed by atoms with Crippen LogP contribution in [0.1, 0.15) is 42.4 Å². The maximum absolute atomic E-state index is 13.9. The van der Waals surface area contributed by atoms with Crippen LogP contribution < -0.4 is 11.1 Å². The molecule has 6 heteroatoms. The van der Waals surface area contributed by atoms with Crippen molar-refractivity contribution in [3.05, 3.63) is 53.1 Å². The molecule has 1 heterocycles. The Hall–Kier alpha value is -2.21. The fraction of sp³-hybridized carbons (Fsp3) is 0.375. The van der Waals surface area contributed by atoms with Crippen molar-refractivity contribution in [3.63, 3.8) is 0 Å². The summed E-state index contributed by atoms with van der Waals surface area (Å²) in [4.78, 5) is 12.3. The van der Waals surface area contributed by atoms with Crippen LogP contribution in [0.15, 0.2) is 30.5 Å². The van der Waals surface area contributed by atoms with Gasteiger partial charge in [-0.2, -0.15) is 5.10 Å². The van der Waals surface area contributed by atoms with E-state index in [2.05, 4.69) is 10.4 Å². The lowest BCUT2D eigenvalue weighted by molar-refractivity contribution is 0.0932. The molecule has 2 rings (SSSR count). The molecule has 0 aliphatic carbocycles. The molecule has 0 saturated carbocycles. The van der Waals surface area contributed by atoms with E-state index in [1.54, 1.807) is 29.1 Å². The van der Waals surface area contributed by atoms with Crippen molar-refractivity contribution in [2.24, 2.45) is 5.73 Å². The molecule has 0 fully saturated rings. The summed E-state index contributed by atoms with van der Waals surface area (Å²) in [6.45, 7) is 6.28. The van der Waals surface area contributed by atoms with E-state index in [4.69, 9.17) is 5.73 Å². The summed E-state index contributed by atoms with van der Waals surface area (Å²) in [6.07, 6.45) is 1.58. The monoisotopic (exact) mass is 304 g/mol. The normalized spacial score (nSPS) is 11.5. The Balaban J connectivity index is 2.09. The molecule has 1 amide bonds. The molecule has 0 saturated heterocycles. The van der Waals surface area contributed by atoms with Crippen LogP contribution >= 0.6 is 0 Å².